The molecular weight excluding hydrogens is 399 g/mol. The van der Waals surface area contributed by atoms with Crippen molar-refractivity contribution in [3.63, 3.8) is 0 Å². The van der Waals surface area contributed by atoms with Crippen LogP contribution in [0.25, 0.3) is 22.6 Å². The Kier molecular flexibility index (Phi) is 5.95. The second-order valence-electron chi connectivity index (χ2n) is 7.14. The second-order valence-corrected chi connectivity index (χ2v) is 7.14. The highest BCUT2D eigenvalue weighted by atomic mass is 19.1. The number of nitrogens with one attached hydrogen (secondary N) is 1. The summed E-state index contributed by atoms with van der Waals surface area (Å²) in [4.78, 5) is 15.4. The first-order valence-corrected chi connectivity index (χ1v) is 9.83. The Bertz CT molecular complexity index is 1190. The number of aliphatic carboxylic acids is 1. The first kappa shape index (κ1) is 20.6. The summed E-state index contributed by atoms with van der Waals surface area (Å²) in [6.45, 7) is 2.46. The first-order valence-electron chi connectivity index (χ1n) is 9.83. The average Bonchev–Trinajstić information content (AvgIpc) is 3.19. The Morgan fingerprint density at radius 2 is 1.97 bits per heavy atom. The normalized spacial score (nSPS) is 12.1. The lowest BCUT2D eigenvalue weighted by Crippen LogP contribution is -2.23. The Labute approximate surface area is 178 Å². The molecule has 158 valence electrons. The minimum atomic E-state index is -1.02. The van der Waals surface area contributed by atoms with E-state index >= 15 is 0 Å². The molecule has 0 amide bonds. The number of oxazole rings is 1. The van der Waals surface area contributed by atoms with E-state index in [1.54, 1.807) is 18.2 Å². The summed E-state index contributed by atoms with van der Waals surface area (Å²) in [5.74, 6) is -0.524. The smallest absolute Gasteiger partial charge is 0.344 e. The average molecular weight is 420 g/mol. The number of ether oxygens (including phenoxy) is 1. The van der Waals surface area contributed by atoms with Crippen molar-refractivity contribution in [1.29, 1.82) is 0 Å². The van der Waals surface area contributed by atoms with Crippen molar-refractivity contribution >= 4 is 17.1 Å². The highest BCUT2D eigenvalue weighted by molar-refractivity contribution is 5.76. The van der Waals surface area contributed by atoms with Gasteiger partial charge in [-0.2, -0.15) is 0 Å². The minimum absolute atomic E-state index is 0.363. The van der Waals surface area contributed by atoms with Gasteiger partial charge in [0.05, 0.1) is 0 Å². The number of carboxylic acids is 1. The molecule has 6 nitrogen and oxygen atoms in total. The van der Waals surface area contributed by atoms with Crippen LogP contribution in [0, 0.1) is 5.82 Å². The fraction of sp³-hybridized carbons (Fsp3) is 0.167. The molecule has 1 unspecified atom stereocenters. The molecule has 0 saturated heterocycles. The molecule has 3 aromatic carbocycles. The van der Waals surface area contributed by atoms with Gasteiger partial charge in [-0.15, -0.1) is 0 Å². The van der Waals surface area contributed by atoms with E-state index in [1.165, 1.54) is 19.1 Å². The van der Waals surface area contributed by atoms with Crippen LogP contribution in [0.5, 0.6) is 5.75 Å². The van der Waals surface area contributed by atoms with Crippen molar-refractivity contribution in [2.75, 3.05) is 0 Å². The Balaban J connectivity index is 1.48. The minimum Gasteiger partial charge on any atom is -0.479 e. The van der Waals surface area contributed by atoms with Crippen LogP contribution in [-0.2, 0) is 17.9 Å². The molecule has 4 rings (SSSR count). The lowest BCUT2D eigenvalue weighted by atomic mass is 10.1. The maximum absolute atomic E-state index is 13.9. The molecular formula is C24H21FN2O4. The molecule has 0 aliphatic carbocycles. The summed E-state index contributed by atoms with van der Waals surface area (Å²) in [5.41, 5.74) is 3.73. The third kappa shape index (κ3) is 4.90. The van der Waals surface area contributed by atoms with E-state index < -0.39 is 12.1 Å². The van der Waals surface area contributed by atoms with Crippen molar-refractivity contribution in [2.45, 2.75) is 26.1 Å². The van der Waals surface area contributed by atoms with Crippen molar-refractivity contribution in [1.82, 2.24) is 10.3 Å². The van der Waals surface area contributed by atoms with Gasteiger partial charge in [-0.1, -0.05) is 30.3 Å². The standard InChI is InChI=1S/C24H21FN2O4/c1-15(24(28)29)30-19-6-4-5-16(11-19)13-26-14-17-9-10-18(25)12-20(17)23-27-21-7-2-3-8-22(21)31-23/h2-12,15,26H,13-14H2,1H3,(H,28,29). The van der Waals surface area contributed by atoms with E-state index in [9.17, 15) is 9.18 Å². The number of hydrogen-bond acceptors (Lipinski definition) is 5. The predicted octanol–water partition coefficient (Wildman–Crippen LogP) is 4.78. The molecule has 1 aromatic heterocycles. The van der Waals surface area contributed by atoms with Gasteiger partial charge in [-0.3, -0.25) is 0 Å². The van der Waals surface area contributed by atoms with Gasteiger partial charge in [-0.25, -0.2) is 14.2 Å². The van der Waals surface area contributed by atoms with Gasteiger partial charge in [0.25, 0.3) is 0 Å². The number of hydrogen-bond donors (Lipinski definition) is 2. The molecule has 1 heterocycles. The molecule has 0 aliphatic rings. The van der Waals surface area contributed by atoms with Crippen molar-refractivity contribution in [3.8, 4) is 17.2 Å². The zero-order valence-electron chi connectivity index (χ0n) is 16.8. The van der Waals surface area contributed by atoms with Crippen LogP contribution in [0.15, 0.2) is 71.1 Å². The summed E-state index contributed by atoms with van der Waals surface area (Å²) < 4.78 is 25.2. The number of nitrogens with zero attached hydrogens (tertiary/aromatic N) is 1. The quantitative estimate of drug-likeness (QED) is 0.427. The Morgan fingerprint density at radius 1 is 1.13 bits per heavy atom. The largest absolute Gasteiger partial charge is 0.479 e. The van der Waals surface area contributed by atoms with Crippen LogP contribution < -0.4 is 10.1 Å². The number of rotatable bonds is 8. The van der Waals surface area contributed by atoms with Crippen molar-refractivity contribution in [3.05, 3.63) is 83.7 Å². The van der Waals surface area contributed by atoms with Gasteiger partial charge in [-0.05, 0) is 54.4 Å². The number of aromatic nitrogens is 1. The summed E-state index contributed by atoms with van der Waals surface area (Å²) in [7, 11) is 0. The van der Waals surface area contributed by atoms with Crippen LogP contribution >= 0.6 is 0 Å². The molecule has 1 atom stereocenters. The topological polar surface area (TPSA) is 84.6 Å². The lowest BCUT2D eigenvalue weighted by Gasteiger charge is -2.12. The summed E-state index contributed by atoms with van der Waals surface area (Å²) in [5, 5.41) is 12.3. The maximum Gasteiger partial charge on any atom is 0.344 e. The predicted molar refractivity (Wildman–Crippen MR) is 114 cm³/mol. The maximum atomic E-state index is 13.9. The number of fused-ring (bicyclic) bond motifs is 1. The van der Waals surface area contributed by atoms with E-state index in [-0.39, 0.29) is 5.82 Å². The Hall–Kier alpha value is -3.71. The molecule has 0 bridgehead atoms. The summed E-state index contributed by atoms with van der Waals surface area (Å²) >= 11 is 0. The molecule has 4 aromatic rings. The van der Waals surface area contributed by atoms with E-state index in [1.807, 2.05) is 36.4 Å². The SMILES string of the molecule is CC(Oc1cccc(CNCc2ccc(F)cc2-c2nc3ccccc3o2)c1)C(=O)O. The van der Waals surface area contributed by atoms with E-state index in [0.29, 0.717) is 41.4 Å². The Morgan fingerprint density at radius 3 is 2.77 bits per heavy atom. The monoisotopic (exact) mass is 420 g/mol. The van der Waals surface area contributed by atoms with E-state index in [2.05, 4.69) is 10.3 Å². The highest BCUT2D eigenvalue weighted by Crippen LogP contribution is 2.28. The molecule has 0 saturated carbocycles. The van der Waals surface area contributed by atoms with Crippen molar-refractivity contribution < 1.29 is 23.4 Å². The number of carboxylic acid groups (broad SMARTS) is 1. The second kappa shape index (κ2) is 8.97. The third-order valence-electron chi connectivity index (χ3n) is 4.80. The zero-order valence-corrected chi connectivity index (χ0v) is 16.8. The van der Waals surface area contributed by atoms with Gasteiger partial charge in [0, 0.05) is 18.7 Å². The van der Waals surface area contributed by atoms with Crippen molar-refractivity contribution in [2.24, 2.45) is 0 Å². The lowest BCUT2D eigenvalue weighted by molar-refractivity contribution is -0.144. The van der Waals surface area contributed by atoms with Crippen LogP contribution in [0.4, 0.5) is 4.39 Å². The summed E-state index contributed by atoms with van der Waals surface area (Å²) in [6.07, 6.45) is -0.929. The molecule has 0 aliphatic heterocycles. The molecule has 0 radical (unpaired) electrons. The number of carbonyl (C=O) groups is 1. The zero-order chi connectivity index (χ0) is 21.8. The first-order chi connectivity index (χ1) is 15.0. The molecule has 31 heavy (non-hydrogen) atoms. The van der Waals surface area contributed by atoms with E-state index in [0.717, 1.165) is 11.1 Å². The molecule has 7 heteroatoms. The third-order valence-corrected chi connectivity index (χ3v) is 4.80. The molecule has 0 fully saturated rings. The van der Waals surface area contributed by atoms with Crippen LogP contribution in [-0.4, -0.2) is 22.2 Å². The number of halogens is 1. The van der Waals surface area contributed by atoms with Gasteiger partial charge < -0.3 is 19.6 Å². The number of benzene rings is 3. The van der Waals surface area contributed by atoms with Crippen LogP contribution in [0.1, 0.15) is 18.1 Å². The molecule has 2 N–H and O–H groups in total. The van der Waals surface area contributed by atoms with E-state index in [4.69, 9.17) is 14.3 Å². The van der Waals surface area contributed by atoms with Crippen LogP contribution in [0.2, 0.25) is 0 Å². The summed E-state index contributed by atoms with van der Waals surface area (Å²) in [6, 6.07) is 19.2. The van der Waals surface area contributed by atoms with Gasteiger partial charge in [0.1, 0.15) is 17.1 Å². The van der Waals surface area contributed by atoms with Gasteiger partial charge >= 0.3 is 5.97 Å². The fourth-order valence-corrected chi connectivity index (χ4v) is 3.21. The van der Waals surface area contributed by atoms with Crippen LogP contribution in [0.3, 0.4) is 0 Å². The highest BCUT2D eigenvalue weighted by Gasteiger charge is 2.14. The molecule has 0 spiro atoms. The van der Waals surface area contributed by atoms with Gasteiger partial charge in [0.15, 0.2) is 11.7 Å². The number of para-hydroxylation sites is 2. The van der Waals surface area contributed by atoms with Gasteiger partial charge in [0.2, 0.25) is 5.89 Å². The fourth-order valence-electron chi connectivity index (χ4n) is 3.21.